The second-order valence-electron chi connectivity index (χ2n) is 12.8. The van der Waals surface area contributed by atoms with Gasteiger partial charge in [-0.15, -0.1) is 0 Å². The summed E-state index contributed by atoms with van der Waals surface area (Å²) < 4.78 is 0. The largest absolute Gasteiger partial charge is 0.0616 e. The maximum absolute atomic E-state index is 2.39. The van der Waals surface area contributed by atoms with Crippen molar-refractivity contribution < 1.29 is 0 Å². The van der Waals surface area contributed by atoms with Crippen molar-refractivity contribution in [2.75, 3.05) is 0 Å². The highest BCUT2D eigenvalue weighted by Gasteiger charge is 2.16. The Labute approximate surface area is 257 Å². The van der Waals surface area contributed by atoms with E-state index in [4.69, 9.17) is 0 Å². The lowest BCUT2D eigenvalue weighted by Crippen LogP contribution is -1.93. The fraction of sp³-hybridized carbons (Fsp3) is 0.0909. The Hall–Kier alpha value is -5.20. The maximum atomic E-state index is 2.39. The molecule has 0 amide bonds. The molecule has 0 aliphatic heterocycles. The highest BCUT2D eigenvalue weighted by atomic mass is 14.2. The summed E-state index contributed by atoms with van der Waals surface area (Å²) in [6.45, 7) is 6.82. The molecule has 0 fully saturated rings. The lowest BCUT2D eigenvalue weighted by atomic mass is 9.86. The van der Waals surface area contributed by atoms with Crippen LogP contribution < -0.4 is 0 Å². The minimum Gasteiger partial charge on any atom is -0.0616 e. The third kappa shape index (κ3) is 3.77. The fourth-order valence-electron chi connectivity index (χ4n) is 7.47. The van der Waals surface area contributed by atoms with E-state index < -0.39 is 0 Å². The molecule has 0 spiro atoms. The summed E-state index contributed by atoms with van der Waals surface area (Å²) >= 11 is 0. The minimum absolute atomic E-state index is 0.508. The van der Waals surface area contributed by atoms with Crippen molar-refractivity contribution in [2.24, 2.45) is 0 Å². The van der Waals surface area contributed by atoms with Gasteiger partial charge in [0.15, 0.2) is 0 Å². The fourth-order valence-corrected chi connectivity index (χ4v) is 7.47. The van der Waals surface area contributed by atoms with E-state index in [1.54, 1.807) is 0 Å². The van der Waals surface area contributed by atoms with Gasteiger partial charge < -0.3 is 0 Å². The highest BCUT2D eigenvalue weighted by molar-refractivity contribution is 6.26. The molecule has 0 N–H and O–H groups in total. The van der Waals surface area contributed by atoms with Gasteiger partial charge in [-0.25, -0.2) is 0 Å². The third-order valence-electron chi connectivity index (χ3n) is 9.84. The normalized spacial score (nSPS) is 12.2. The molecule has 9 aromatic rings. The van der Waals surface area contributed by atoms with Gasteiger partial charge in [0.1, 0.15) is 0 Å². The van der Waals surface area contributed by atoms with Crippen LogP contribution >= 0.6 is 0 Å². The van der Waals surface area contributed by atoms with Gasteiger partial charge >= 0.3 is 0 Å². The number of hydrogen-bond donors (Lipinski definition) is 0. The molecule has 0 saturated heterocycles. The summed E-state index contributed by atoms with van der Waals surface area (Å²) in [7, 11) is 0. The molecule has 208 valence electrons. The van der Waals surface area contributed by atoms with E-state index in [0.717, 1.165) is 0 Å². The van der Waals surface area contributed by atoms with Crippen LogP contribution in [0, 0.1) is 6.92 Å². The average molecular weight is 561 g/mol. The highest BCUT2D eigenvalue weighted by Crippen LogP contribution is 2.42. The van der Waals surface area contributed by atoms with E-state index in [1.807, 2.05) is 0 Å². The van der Waals surface area contributed by atoms with Crippen LogP contribution in [0.25, 0.3) is 86.9 Å². The quantitative estimate of drug-likeness (QED) is 0.189. The molecule has 0 unspecified atom stereocenters. The van der Waals surface area contributed by atoms with Crippen LogP contribution in [0.2, 0.25) is 0 Å². The zero-order chi connectivity index (χ0) is 29.5. The lowest BCUT2D eigenvalue weighted by molar-refractivity contribution is 0.870. The zero-order valence-corrected chi connectivity index (χ0v) is 25.3. The molecule has 44 heavy (non-hydrogen) atoms. The summed E-state index contributed by atoms with van der Waals surface area (Å²) in [6, 6.07) is 50.3. The van der Waals surface area contributed by atoms with Gasteiger partial charge in [0, 0.05) is 0 Å². The Bertz CT molecular complexity index is 2560. The Morgan fingerprint density at radius 1 is 0.386 bits per heavy atom. The van der Waals surface area contributed by atoms with Crippen molar-refractivity contribution in [3.63, 3.8) is 0 Å². The predicted octanol–water partition coefficient (Wildman–Crippen LogP) is 12.8. The number of hydrogen-bond acceptors (Lipinski definition) is 0. The van der Waals surface area contributed by atoms with Crippen LogP contribution in [0.4, 0.5) is 0 Å². The molecule has 9 aromatic carbocycles. The number of aryl methyl sites for hydroxylation is 1. The van der Waals surface area contributed by atoms with Gasteiger partial charge in [-0.05, 0) is 129 Å². The van der Waals surface area contributed by atoms with Crippen LogP contribution in [0.3, 0.4) is 0 Å². The molecule has 0 atom stereocenters. The molecule has 0 heteroatoms. The van der Waals surface area contributed by atoms with Crippen molar-refractivity contribution in [1.82, 2.24) is 0 Å². The van der Waals surface area contributed by atoms with Gasteiger partial charge in [0.25, 0.3) is 0 Å². The van der Waals surface area contributed by atoms with E-state index >= 15 is 0 Å². The molecule has 0 bridgehead atoms. The Kier molecular flexibility index (Phi) is 5.41. The molecule has 0 aromatic heterocycles. The third-order valence-corrected chi connectivity index (χ3v) is 9.84. The molecule has 0 aliphatic rings. The van der Waals surface area contributed by atoms with Crippen molar-refractivity contribution >= 4 is 64.6 Å². The standard InChI is InChI=1S/C44H32/c1-26(2)37-24-35-15-17-38-27(3)20-42(41-19-16-36(25-37)43(35)44(38)41)34-13-11-30-21-29(9-10-31(30)23-34)32-14-18-40-33(22-32)12-8-28-6-4-5-7-39(28)40/h4-26H,1-3H3. The summed E-state index contributed by atoms with van der Waals surface area (Å²) in [4.78, 5) is 0. The molecule has 0 radical (unpaired) electrons. The molecule has 0 saturated carbocycles. The van der Waals surface area contributed by atoms with Gasteiger partial charge in [-0.1, -0.05) is 129 Å². The van der Waals surface area contributed by atoms with Crippen LogP contribution in [0.1, 0.15) is 30.9 Å². The van der Waals surface area contributed by atoms with Crippen molar-refractivity contribution in [3.8, 4) is 22.3 Å². The van der Waals surface area contributed by atoms with E-state index in [9.17, 15) is 0 Å². The van der Waals surface area contributed by atoms with Gasteiger partial charge in [-0.3, -0.25) is 0 Å². The first-order valence-electron chi connectivity index (χ1n) is 15.7. The Balaban J connectivity index is 1.16. The minimum atomic E-state index is 0.508. The monoisotopic (exact) mass is 560 g/mol. The molecule has 0 heterocycles. The van der Waals surface area contributed by atoms with E-state index in [1.165, 1.54) is 98.0 Å². The summed E-state index contributed by atoms with van der Waals surface area (Å²) in [5.74, 6) is 0.508. The van der Waals surface area contributed by atoms with Gasteiger partial charge in [0.05, 0.1) is 0 Å². The first-order valence-corrected chi connectivity index (χ1v) is 15.7. The lowest BCUT2D eigenvalue weighted by Gasteiger charge is -2.18. The number of rotatable bonds is 3. The summed E-state index contributed by atoms with van der Waals surface area (Å²) in [5.41, 5.74) is 7.81. The van der Waals surface area contributed by atoms with Gasteiger partial charge in [-0.2, -0.15) is 0 Å². The molecular weight excluding hydrogens is 528 g/mol. The Morgan fingerprint density at radius 2 is 0.932 bits per heavy atom. The van der Waals surface area contributed by atoms with E-state index in [2.05, 4.69) is 154 Å². The Morgan fingerprint density at radius 3 is 1.70 bits per heavy atom. The van der Waals surface area contributed by atoms with E-state index in [0.29, 0.717) is 5.92 Å². The van der Waals surface area contributed by atoms with Crippen molar-refractivity contribution in [2.45, 2.75) is 26.7 Å². The SMILES string of the molecule is Cc1cc(-c2ccc3cc(-c4ccc5c(ccc6ccccc65)c4)ccc3c2)c2ccc3cc(C(C)C)cc4ccc1c2c43. The van der Waals surface area contributed by atoms with Crippen LogP contribution in [0.15, 0.2) is 133 Å². The summed E-state index contributed by atoms with van der Waals surface area (Å²) in [6.07, 6.45) is 0. The first-order chi connectivity index (χ1) is 21.5. The van der Waals surface area contributed by atoms with Crippen LogP contribution in [-0.2, 0) is 0 Å². The van der Waals surface area contributed by atoms with Crippen molar-refractivity contribution in [1.29, 1.82) is 0 Å². The zero-order valence-electron chi connectivity index (χ0n) is 25.3. The summed E-state index contributed by atoms with van der Waals surface area (Å²) in [5, 5.41) is 15.9. The van der Waals surface area contributed by atoms with Crippen LogP contribution in [0.5, 0.6) is 0 Å². The maximum Gasteiger partial charge on any atom is -0.00179 e. The molecule has 9 rings (SSSR count). The topological polar surface area (TPSA) is 0 Å². The molecular formula is C44H32. The molecule has 0 nitrogen and oxygen atoms in total. The average Bonchev–Trinajstić information content (AvgIpc) is 3.06. The second-order valence-corrected chi connectivity index (χ2v) is 12.8. The number of fused-ring (bicyclic) bond motifs is 4. The van der Waals surface area contributed by atoms with Crippen molar-refractivity contribution in [3.05, 3.63) is 145 Å². The number of benzene rings is 9. The van der Waals surface area contributed by atoms with Gasteiger partial charge in [0.2, 0.25) is 0 Å². The second kappa shape index (κ2) is 9.40. The smallest absolute Gasteiger partial charge is 0.00179 e. The predicted molar refractivity (Wildman–Crippen MR) is 192 cm³/mol. The first kappa shape index (κ1) is 25.3. The molecule has 0 aliphatic carbocycles. The van der Waals surface area contributed by atoms with E-state index in [-0.39, 0.29) is 0 Å². The van der Waals surface area contributed by atoms with Crippen LogP contribution in [-0.4, -0.2) is 0 Å².